The van der Waals surface area contributed by atoms with Gasteiger partial charge in [-0.2, -0.15) is 0 Å². The van der Waals surface area contributed by atoms with Gasteiger partial charge in [0.1, 0.15) is 0 Å². The topological polar surface area (TPSA) is 38.0 Å². The van der Waals surface area contributed by atoms with Crippen molar-refractivity contribution in [1.82, 2.24) is 5.32 Å². The molecule has 120 valence electrons. The zero-order valence-electron chi connectivity index (χ0n) is 13.8. The van der Waals surface area contributed by atoms with E-state index in [1.165, 1.54) is 63.4 Å². The average molecular weight is 290 g/mol. The second-order valence-electron chi connectivity index (χ2n) is 6.06. The van der Waals surface area contributed by atoms with Gasteiger partial charge in [0.2, 0.25) is 0 Å². The highest BCUT2D eigenvalue weighted by molar-refractivity contribution is 5.14. The maximum atomic E-state index is 5.87. The highest BCUT2D eigenvalue weighted by Crippen LogP contribution is 2.10. The molecular formula is C19H34N2. The molecule has 0 aliphatic rings. The van der Waals surface area contributed by atoms with Crippen LogP contribution in [0.2, 0.25) is 0 Å². The van der Waals surface area contributed by atoms with E-state index in [1.807, 2.05) is 0 Å². The molecule has 0 fully saturated rings. The number of rotatable bonds is 13. The Hall–Kier alpha value is -0.860. The Balaban J connectivity index is 2.01. The first kappa shape index (κ1) is 18.2. The van der Waals surface area contributed by atoms with E-state index in [0.717, 1.165) is 13.1 Å². The van der Waals surface area contributed by atoms with E-state index in [4.69, 9.17) is 5.73 Å². The van der Waals surface area contributed by atoms with E-state index >= 15 is 0 Å². The predicted molar refractivity (Wildman–Crippen MR) is 93.4 cm³/mol. The Morgan fingerprint density at radius 2 is 1.52 bits per heavy atom. The van der Waals surface area contributed by atoms with Gasteiger partial charge in [-0.05, 0) is 12.0 Å². The minimum absolute atomic E-state index is 0.463. The summed E-state index contributed by atoms with van der Waals surface area (Å²) in [5, 5.41) is 3.58. The molecule has 0 spiro atoms. The molecule has 0 bridgehead atoms. The van der Waals surface area contributed by atoms with E-state index in [0.29, 0.717) is 6.04 Å². The van der Waals surface area contributed by atoms with E-state index in [1.54, 1.807) is 0 Å². The molecule has 21 heavy (non-hydrogen) atoms. The summed E-state index contributed by atoms with van der Waals surface area (Å²) in [7, 11) is 0. The van der Waals surface area contributed by atoms with Crippen LogP contribution in [-0.4, -0.2) is 12.6 Å². The number of hydrogen-bond donors (Lipinski definition) is 2. The van der Waals surface area contributed by atoms with Crippen LogP contribution in [0.25, 0.3) is 0 Å². The van der Waals surface area contributed by atoms with Gasteiger partial charge in [0.15, 0.2) is 0 Å². The summed E-state index contributed by atoms with van der Waals surface area (Å²) >= 11 is 0. The normalized spacial score (nSPS) is 12.5. The van der Waals surface area contributed by atoms with Crippen LogP contribution in [0.1, 0.15) is 70.3 Å². The highest BCUT2D eigenvalue weighted by atomic mass is 14.9. The van der Waals surface area contributed by atoms with Crippen LogP contribution >= 0.6 is 0 Å². The van der Waals surface area contributed by atoms with Gasteiger partial charge in [0.25, 0.3) is 0 Å². The first-order valence-corrected chi connectivity index (χ1v) is 8.84. The zero-order valence-corrected chi connectivity index (χ0v) is 13.8. The van der Waals surface area contributed by atoms with Crippen LogP contribution in [0.3, 0.4) is 0 Å². The molecule has 3 N–H and O–H groups in total. The first-order chi connectivity index (χ1) is 10.4. The van der Waals surface area contributed by atoms with Crippen LogP contribution in [0.15, 0.2) is 30.3 Å². The zero-order chi connectivity index (χ0) is 15.2. The summed E-state index contributed by atoms with van der Waals surface area (Å²) in [6, 6.07) is 11.0. The van der Waals surface area contributed by atoms with Crippen molar-refractivity contribution in [2.45, 2.75) is 77.3 Å². The van der Waals surface area contributed by atoms with Crippen molar-refractivity contribution < 1.29 is 0 Å². The molecule has 1 rings (SSSR count). The summed E-state index contributed by atoms with van der Waals surface area (Å²) in [5.41, 5.74) is 7.21. The van der Waals surface area contributed by atoms with Gasteiger partial charge in [-0.3, -0.25) is 0 Å². The fourth-order valence-corrected chi connectivity index (χ4v) is 2.69. The van der Waals surface area contributed by atoms with Gasteiger partial charge in [0, 0.05) is 19.1 Å². The lowest BCUT2D eigenvalue weighted by Gasteiger charge is -2.16. The van der Waals surface area contributed by atoms with Gasteiger partial charge < -0.3 is 11.1 Å². The summed E-state index contributed by atoms with van der Waals surface area (Å²) in [4.78, 5) is 0. The number of hydrogen-bond acceptors (Lipinski definition) is 2. The minimum atomic E-state index is 0.463. The van der Waals surface area contributed by atoms with Crippen LogP contribution in [0.5, 0.6) is 0 Å². The Kier molecular flexibility index (Phi) is 11.1. The molecule has 2 nitrogen and oxygen atoms in total. The smallest absolute Gasteiger partial charge is 0.0208 e. The first-order valence-electron chi connectivity index (χ1n) is 8.84. The van der Waals surface area contributed by atoms with E-state index in [9.17, 15) is 0 Å². The minimum Gasteiger partial charge on any atom is -0.329 e. The van der Waals surface area contributed by atoms with Crippen LogP contribution in [-0.2, 0) is 6.54 Å². The molecule has 2 heteroatoms. The van der Waals surface area contributed by atoms with Crippen molar-refractivity contribution in [3.05, 3.63) is 35.9 Å². The summed E-state index contributed by atoms with van der Waals surface area (Å²) < 4.78 is 0. The maximum Gasteiger partial charge on any atom is 0.0208 e. The van der Waals surface area contributed by atoms with Gasteiger partial charge in [-0.25, -0.2) is 0 Å². The van der Waals surface area contributed by atoms with Crippen LogP contribution in [0, 0.1) is 0 Å². The Labute approximate surface area is 131 Å². The maximum absolute atomic E-state index is 5.87. The number of unbranched alkanes of at least 4 members (excludes halogenated alkanes) is 7. The molecule has 1 aromatic rings. The molecule has 0 aromatic heterocycles. The summed E-state index contributed by atoms with van der Waals surface area (Å²) in [5.74, 6) is 0. The lowest BCUT2D eigenvalue weighted by atomic mass is 10.0. The molecule has 0 heterocycles. The Morgan fingerprint density at radius 1 is 0.905 bits per heavy atom. The quantitative estimate of drug-likeness (QED) is 0.520. The van der Waals surface area contributed by atoms with Crippen molar-refractivity contribution in [3.8, 4) is 0 Å². The third-order valence-corrected chi connectivity index (χ3v) is 4.13. The number of benzene rings is 1. The third-order valence-electron chi connectivity index (χ3n) is 4.13. The monoisotopic (exact) mass is 290 g/mol. The summed E-state index contributed by atoms with van der Waals surface area (Å²) in [6.45, 7) is 3.94. The van der Waals surface area contributed by atoms with Crippen molar-refractivity contribution >= 4 is 0 Å². The lowest BCUT2D eigenvalue weighted by Crippen LogP contribution is -2.35. The van der Waals surface area contributed by atoms with Crippen molar-refractivity contribution in [3.63, 3.8) is 0 Å². The molecule has 1 unspecified atom stereocenters. The Morgan fingerprint density at radius 3 is 2.14 bits per heavy atom. The fourth-order valence-electron chi connectivity index (χ4n) is 2.69. The molecule has 0 amide bonds. The Bertz CT molecular complexity index is 324. The second kappa shape index (κ2) is 12.8. The van der Waals surface area contributed by atoms with Crippen LogP contribution in [0.4, 0.5) is 0 Å². The molecule has 1 atom stereocenters. The van der Waals surface area contributed by atoms with Gasteiger partial charge in [0.05, 0.1) is 0 Å². The molecule has 0 radical (unpaired) electrons. The highest BCUT2D eigenvalue weighted by Gasteiger charge is 2.05. The van der Waals surface area contributed by atoms with E-state index in [2.05, 4.69) is 42.6 Å². The standard InChI is InChI=1S/C19H34N2/c1-2-3-4-5-6-7-8-12-15-19(16-20)21-17-18-13-10-9-11-14-18/h9-11,13-14,19,21H,2-8,12,15-17,20H2,1H3. The van der Waals surface area contributed by atoms with Crippen molar-refractivity contribution in [1.29, 1.82) is 0 Å². The number of nitrogens with one attached hydrogen (secondary N) is 1. The largest absolute Gasteiger partial charge is 0.329 e. The SMILES string of the molecule is CCCCCCCCCCC(CN)NCc1ccccc1. The molecule has 0 aliphatic heterocycles. The lowest BCUT2D eigenvalue weighted by molar-refractivity contribution is 0.456. The van der Waals surface area contributed by atoms with Crippen molar-refractivity contribution in [2.75, 3.05) is 6.54 Å². The van der Waals surface area contributed by atoms with Gasteiger partial charge in [-0.15, -0.1) is 0 Å². The predicted octanol–water partition coefficient (Wildman–Crippen LogP) is 4.63. The molecule has 0 saturated heterocycles. The third kappa shape index (κ3) is 9.65. The van der Waals surface area contributed by atoms with Crippen molar-refractivity contribution in [2.24, 2.45) is 5.73 Å². The second-order valence-corrected chi connectivity index (χ2v) is 6.06. The van der Waals surface area contributed by atoms with E-state index in [-0.39, 0.29) is 0 Å². The fraction of sp³-hybridized carbons (Fsp3) is 0.684. The molecule has 1 aromatic carbocycles. The molecule has 0 saturated carbocycles. The molecular weight excluding hydrogens is 256 g/mol. The van der Waals surface area contributed by atoms with Gasteiger partial charge >= 0.3 is 0 Å². The number of nitrogens with two attached hydrogens (primary N) is 1. The van der Waals surface area contributed by atoms with Gasteiger partial charge in [-0.1, -0.05) is 88.6 Å². The van der Waals surface area contributed by atoms with Crippen LogP contribution < -0.4 is 11.1 Å². The average Bonchev–Trinajstić information content (AvgIpc) is 2.54. The molecule has 0 aliphatic carbocycles. The summed E-state index contributed by atoms with van der Waals surface area (Å²) in [6.07, 6.45) is 12.2. The van der Waals surface area contributed by atoms with E-state index < -0.39 is 0 Å².